The molecular weight excluding hydrogens is 312 g/mol. The number of benzene rings is 2. The van der Waals surface area contributed by atoms with Crippen LogP contribution in [-0.2, 0) is 6.42 Å². The smallest absolute Gasteiger partial charge is 0.132 e. The fourth-order valence-electron chi connectivity index (χ4n) is 2.10. The molecule has 0 aliphatic carbocycles. The Morgan fingerprint density at radius 1 is 1.16 bits per heavy atom. The molecule has 1 nitrogen and oxygen atoms in total. The second kappa shape index (κ2) is 5.80. The van der Waals surface area contributed by atoms with Crippen molar-refractivity contribution in [1.29, 1.82) is 0 Å². The van der Waals surface area contributed by atoms with Gasteiger partial charge in [0.25, 0.3) is 0 Å². The maximum absolute atomic E-state index is 13.8. The molecule has 2 aromatic rings. The number of aryl methyl sites for hydroxylation is 1. The maximum Gasteiger partial charge on any atom is 0.132 e. The van der Waals surface area contributed by atoms with Crippen LogP contribution in [0.3, 0.4) is 0 Å². The number of rotatable bonds is 3. The molecule has 0 fully saturated rings. The van der Waals surface area contributed by atoms with Gasteiger partial charge in [0, 0.05) is 16.1 Å². The number of hydrogen-bond donors (Lipinski definition) is 1. The fourth-order valence-corrected chi connectivity index (χ4v) is 2.50. The van der Waals surface area contributed by atoms with E-state index in [0.717, 1.165) is 11.1 Å². The molecule has 0 spiro atoms. The van der Waals surface area contributed by atoms with Crippen molar-refractivity contribution in [3.8, 4) is 0 Å². The predicted molar refractivity (Wildman–Crippen MR) is 75.9 cm³/mol. The Labute approximate surface area is 119 Å². The molecule has 2 N–H and O–H groups in total. The number of hydrogen-bond acceptors (Lipinski definition) is 1. The van der Waals surface area contributed by atoms with E-state index in [0.29, 0.717) is 10.9 Å². The molecule has 1 unspecified atom stereocenters. The summed E-state index contributed by atoms with van der Waals surface area (Å²) < 4.78 is 28.0. The Hall–Kier alpha value is -1.26. The van der Waals surface area contributed by atoms with Crippen LogP contribution in [0.25, 0.3) is 0 Å². The van der Waals surface area contributed by atoms with Gasteiger partial charge in [-0.1, -0.05) is 45.8 Å². The monoisotopic (exact) mass is 325 g/mol. The highest BCUT2D eigenvalue weighted by Crippen LogP contribution is 2.26. The summed E-state index contributed by atoms with van der Waals surface area (Å²) in [5, 5.41) is 0. The molecule has 4 heteroatoms. The van der Waals surface area contributed by atoms with E-state index in [1.54, 1.807) is 0 Å². The van der Waals surface area contributed by atoms with Crippen LogP contribution in [0.2, 0.25) is 0 Å². The molecule has 2 aromatic carbocycles. The molecule has 0 aromatic heterocycles. The maximum atomic E-state index is 13.8. The summed E-state index contributed by atoms with van der Waals surface area (Å²) in [6.07, 6.45) is 0.400. The zero-order valence-electron chi connectivity index (χ0n) is 10.5. The first kappa shape index (κ1) is 14.2. The van der Waals surface area contributed by atoms with Crippen LogP contribution in [0.1, 0.15) is 22.7 Å². The SMILES string of the molecule is Cc1cccc(CC(N)c2c(F)cc(Br)cc2F)c1. The Morgan fingerprint density at radius 3 is 2.37 bits per heavy atom. The summed E-state index contributed by atoms with van der Waals surface area (Å²) in [5.74, 6) is -1.24. The molecule has 100 valence electrons. The summed E-state index contributed by atoms with van der Waals surface area (Å²) in [4.78, 5) is 0. The summed E-state index contributed by atoms with van der Waals surface area (Å²) in [5.41, 5.74) is 7.93. The highest BCUT2D eigenvalue weighted by molar-refractivity contribution is 9.10. The molecule has 0 aliphatic rings. The highest BCUT2D eigenvalue weighted by atomic mass is 79.9. The van der Waals surface area contributed by atoms with E-state index in [2.05, 4.69) is 15.9 Å². The Kier molecular flexibility index (Phi) is 4.32. The predicted octanol–water partition coefficient (Wildman–Crippen LogP) is 4.28. The average molecular weight is 326 g/mol. The van der Waals surface area contributed by atoms with Crippen molar-refractivity contribution in [3.05, 3.63) is 69.2 Å². The van der Waals surface area contributed by atoms with Crippen LogP contribution in [0.5, 0.6) is 0 Å². The van der Waals surface area contributed by atoms with Crippen LogP contribution in [-0.4, -0.2) is 0 Å². The lowest BCUT2D eigenvalue weighted by molar-refractivity contribution is 0.523. The van der Waals surface area contributed by atoms with Crippen molar-refractivity contribution in [3.63, 3.8) is 0 Å². The lowest BCUT2D eigenvalue weighted by atomic mass is 9.98. The number of halogens is 3. The molecule has 0 radical (unpaired) electrons. The minimum atomic E-state index is -0.699. The zero-order valence-corrected chi connectivity index (χ0v) is 12.0. The van der Waals surface area contributed by atoms with Gasteiger partial charge < -0.3 is 5.73 Å². The van der Waals surface area contributed by atoms with Crippen LogP contribution < -0.4 is 5.73 Å². The fraction of sp³-hybridized carbons (Fsp3) is 0.200. The van der Waals surface area contributed by atoms with E-state index < -0.39 is 17.7 Å². The van der Waals surface area contributed by atoms with Crippen LogP contribution in [0.15, 0.2) is 40.9 Å². The molecule has 1 atom stereocenters. The van der Waals surface area contributed by atoms with Gasteiger partial charge in [-0.15, -0.1) is 0 Å². The Morgan fingerprint density at radius 2 is 1.79 bits per heavy atom. The van der Waals surface area contributed by atoms with Gasteiger partial charge in [0.2, 0.25) is 0 Å². The Balaban J connectivity index is 2.28. The van der Waals surface area contributed by atoms with Gasteiger partial charge in [0.15, 0.2) is 0 Å². The van der Waals surface area contributed by atoms with Crippen molar-refractivity contribution in [1.82, 2.24) is 0 Å². The molecule has 0 saturated carbocycles. The van der Waals surface area contributed by atoms with E-state index in [9.17, 15) is 8.78 Å². The van der Waals surface area contributed by atoms with Gasteiger partial charge in [-0.3, -0.25) is 0 Å². The standard InChI is InChI=1S/C15H14BrF2N/c1-9-3-2-4-10(5-9)6-14(19)15-12(17)7-11(16)8-13(15)18/h2-5,7-8,14H,6,19H2,1H3. The number of nitrogens with two attached hydrogens (primary N) is 1. The first-order valence-corrected chi connectivity index (χ1v) is 6.72. The lowest BCUT2D eigenvalue weighted by Crippen LogP contribution is -2.17. The van der Waals surface area contributed by atoms with E-state index in [1.807, 2.05) is 31.2 Å². The molecule has 0 saturated heterocycles. The van der Waals surface area contributed by atoms with Crippen molar-refractivity contribution < 1.29 is 8.78 Å². The molecule has 0 bridgehead atoms. The first-order chi connectivity index (χ1) is 8.97. The van der Waals surface area contributed by atoms with Crippen LogP contribution >= 0.6 is 15.9 Å². The van der Waals surface area contributed by atoms with Crippen molar-refractivity contribution in [2.75, 3.05) is 0 Å². The summed E-state index contributed by atoms with van der Waals surface area (Å²) in [6, 6.07) is 9.51. The van der Waals surface area contributed by atoms with Crippen molar-refractivity contribution in [2.24, 2.45) is 5.73 Å². The van der Waals surface area contributed by atoms with Gasteiger partial charge >= 0.3 is 0 Å². The lowest BCUT2D eigenvalue weighted by Gasteiger charge is -2.14. The van der Waals surface area contributed by atoms with Crippen LogP contribution in [0, 0.1) is 18.6 Å². The van der Waals surface area contributed by atoms with Gasteiger partial charge in [-0.2, -0.15) is 0 Å². The summed E-state index contributed by atoms with van der Waals surface area (Å²) in [7, 11) is 0. The molecule has 0 heterocycles. The third kappa shape index (κ3) is 3.39. The second-order valence-electron chi connectivity index (χ2n) is 4.58. The van der Waals surface area contributed by atoms with E-state index in [1.165, 1.54) is 12.1 Å². The minimum absolute atomic E-state index is 0.0651. The molecular formula is C15H14BrF2N. The van der Waals surface area contributed by atoms with E-state index in [-0.39, 0.29) is 5.56 Å². The normalized spacial score (nSPS) is 12.5. The topological polar surface area (TPSA) is 26.0 Å². The summed E-state index contributed by atoms with van der Waals surface area (Å²) in [6.45, 7) is 1.97. The van der Waals surface area contributed by atoms with Gasteiger partial charge in [-0.25, -0.2) is 8.78 Å². The molecule has 2 rings (SSSR count). The van der Waals surface area contributed by atoms with Crippen molar-refractivity contribution >= 4 is 15.9 Å². The zero-order chi connectivity index (χ0) is 14.0. The van der Waals surface area contributed by atoms with Gasteiger partial charge in [-0.05, 0) is 31.0 Å². The van der Waals surface area contributed by atoms with Crippen molar-refractivity contribution in [2.45, 2.75) is 19.4 Å². The second-order valence-corrected chi connectivity index (χ2v) is 5.50. The van der Waals surface area contributed by atoms with Gasteiger partial charge in [0.1, 0.15) is 11.6 Å². The molecule has 0 aliphatic heterocycles. The third-order valence-electron chi connectivity index (χ3n) is 2.95. The van der Waals surface area contributed by atoms with Crippen LogP contribution in [0.4, 0.5) is 8.78 Å². The first-order valence-electron chi connectivity index (χ1n) is 5.93. The quantitative estimate of drug-likeness (QED) is 0.895. The van der Waals surface area contributed by atoms with E-state index in [4.69, 9.17) is 5.73 Å². The Bertz CT molecular complexity index is 575. The minimum Gasteiger partial charge on any atom is -0.323 e. The largest absolute Gasteiger partial charge is 0.323 e. The van der Waals surface area contributed by atoms with E-state index >= 15 is 0 Å². The molecule has 0 amide bonds. The summed E-state index contributed by atoms with van der Waals surface area (Å²) >= 11 is 3.05. The highest BCUT2D eigenvalue weighted by Gasteiger charge is 2.18. The average Bonchev–Trinajstić information content (AvgIpc) is 2.27. The molecule has 19 heavy (non-hydrogen) atoms. The third-order valence-corrected chi connectivity index (χ3v) is 3.41. The van der Waals surface area contributed by atoms with Gasteiger partial charge in [0.05, 0.1) is 0 Å².